The van der Waals surface area contributed by atoms with Crippen LogP contribution in [-0.4, -0.2) is 32.0 Å². The van der Waals surface area contributed by atoms with Gasteiger partial charge in [0.25, 0.3) is 0 Å². The van der Waals surface area contributed by atoms with Crippen LogP contribution < -0.4 is 10.0 Å². The van der Waals surface area contributed by atoms with Crippen molar-refractivity contribution >= 4 is 16.0 Å². The van der Waals surface area contributed by atoms with Crippen LogP contribution in [0.2, 0.25) is 0 Å². The smallest absolute Gasteiger partial charge is 0.243 e. The third-order valence-electron chi connectivity index (χ3n) is 3.16. The Bertz CT molecular complexity index is 500. The van der Waals surface area contributed by atoms with E-state index in [-0.39, 0.29) is 4.90 Å². The molecule has 0 unspecified atom stereocenters. The van der Waals surface area contributed by atoms with E-state index in [0.717, 1.165) is 25.2 Å². The van der Waals surface area contributed by atoms with E-state index in [2.05, 4.69) is 33.9 Å². The Kier molecular flexibility index (Phi) is 7.60. The van der Waals surface area contributed by atoms with Gasteiger partial charge in [-0.15, -0.1) is 0 Å². The zero-order chi connectivity index (χ0) is 15.7. The lowest BCUT2D eigenvalue weighted by atomic mass is 10.0. The predicted molar refractivity (Wildman–Crippen MR) is 84.7 cm³/mol. The molecule has 0 aliphatic carbocycles. The molecule has 0 bridgehead atoms. The first kappa shape index (κ1) is 17.8. The molecule has 1 rings (SSSR count). The van der Waals surface area contributed by atoms with Crippen LogP contribution in [0.4, 0.5) is 5.95 Å². The third kappa shape index (κ3) is 6.86. The highest BCUT2D eigenvalue weighted by Crippen LogP contribution is 2.10. The fourth-order valence-corrected chi connectivity index (χ4v) is 2.87. The van der Waals surface area contributed by atoms with Crippen molar-refractivity contribution in [2.45, 2.75) is 50.8 Å². The minimum absolute atomic E-state index is 0.0984. The van der Waals surface area contributed by atoms with Gasteiger partial charge in [0.1, 0.15) is 4.90 Å². The number of rotatable bonds is 10. The van der Waals surface area contributed by atoms with Gasteiger partial charge in [0.2, 0.25) is 16.0 Å². The van der Waals surface area contributed by atoms with Crippen LogP contribution in [-0.2, 0) is 10.0 Å². The van der Waals surface area contributed by atoms with Crippen LogP contribution in [0, 0.1) is 5.92 Å². The molecule has 0 saturated carbocycles. The average molecular weight is 314 g/mol. The number of hydrogen-bond acceptors (Lipinski definition) is 5. The minimum atomic E-state index is -3.49. The van der Waals surface area contributed by atoms with Crippen molar-refractivity contribution in [3.8, 4) is 0 Å². The molecule has 0 fully saturated rings. The van der Waals surface area contributed by atoms with Gasteiger partial charge in [-0.3, -0.25) is 0 Å². The Hall–Kier alpha value is -1.21. The molecule has 2 N–H and O–H groups in total. The van der Waals surface area contributed by atoms with Crippen LogP contribution in [0.15, 0.2) is 17.3 Å². The van der Waals surface area contributed by atoms with Crippen LogP contribution in [0.25, 0.3) is 0 Å². The maximum absolute atomic E-state index is 12.0. The fraction of sp³-hybridized carbons (Fsp3) is 0.714. The number of anilines is 1. The van der Waals surface area contributed by atoms with Crippen molar-refractivity contribution in [2.75, 3.05) is 18.9 Å². The normalized spacial score (nSPS) is 11.8. The Balaban J connectivity index is 2.29. The van der Waals surface area contributed by atoms with Crippen molar-refractivity contribution in [3.05, 3.63) is 12.4 Å². The van der Waals surface area contributed by atoms with E-state index in [1.807, 2.05) is 0 Å². The molecule has 6 nitrogen and oxygen atoms in total. The Morgan fingerprint density at radius 2 is 1.71 bits per heavy atom. The van der Waals surface area contributed by atoms with Gasteiger partial charge in [0.15, 0.2) is 0 Å². The first-order valence-corrected chi connectivity index (χ1v) is 8.93. The molecule has 0 aliphatic rings. The van der Waals surface area contributed by atoms with E-state index >= 15 is 0 Å². The summed E-state index contributed by atoms with van der Waals surface area (Å²) in [6, 6.07) is 0. The molecule has 21 heavy (non-hydrogen) atoms. The van der Waals surface area contributed by atoms with Gasteiger partial charge >= 0.3 is 0 Å². The molecule has 0 amide bonds. The van der Waals surface area contributed by atoms with Gasteiger partial charge in [0, 0.05) is 13.6 Å². The van der Waals surface area contributed by atoms with Crippen molar-refractivity contribution in [3.63, 3.8) is 0 Å². The quantitative estimate of drug-likeness (QED) is 0.648. The number of nitrogens with zero attached hydrogens (tertiary/aromatic N) is 2. The summed E-state index contributed by atoms with van der Waals surface area (Å²) in [5.41, 5.74) is 0. The molecule has 120 valence electrons. The molecule has 0 aliphatic heterocycles. The zero-order valence-electron chi connectivity index (χ0n) is 13.1. The number of hydrogen-bond donors (Lipinski definition) is 2. The molecule has 1 aromatic rings. The van der Waals surface area contributed by atoms with Gasteiger partial charge in [-0.05, 0) is 12.3 Å². The van der Waals surface area contributed by atoms with Crippen LogP contribution in [0.1, 0.15) is 46.0 Å². The second kappa shape index (κ2) is 8.94. The minimum Gasteiger partial charge on any atom is -0.357 e. The number of sulfonamides is 1. The van der Waals surface area contributed by atoms with Crippen LogP contribution in [0.3, 0.4) is 0 Å². The maximum Gasteiger partial charge on any atom is 0.243 e. The third-order valence-corrected chi connectivity index (χ3v) is 4.58. The Labute approximate surface area is 127 Å². The summed E-state index contributed by atoms with van der Waals surface area (Å²) in [7, 11) is -1.81. The molecule has 0 atom stereocenters. The summed E-state index contributed by atoms with van der Waals surface area (Å²) in [4.78, 5) is 7.91. The molecule has 0 radical (unpaired) electrons. The first-order valence-electron chi connectivity index (χ1n) is 7.45. The molecular weight excluding hydrogens is 288 g/mol. The van der Waals surface area contributed by atoms with Gasteiger partial charge in [-0.1, -0.05) is 39.5 Å². The lowest BCUT2D eigenvalue weighted by molar-refractivity contribution is 0.517. The summed E-state index contributed by atoms with van der Waals surface area (Å²) >= 11 is 0. The second-order valence-corrected chi connectivity index (χ2v) is 7.25. The van der Waals surface area contributed by atoms with Gasteiger partial charge in [-0.25, -0.2) is 23.1 Å². The van der Waals surface area contributed by atoms with Gasteiger partial charge < -0.3 is 5.32 Å². The summed E-state index contributed by atoms with van der Waals surface area (Å²) in [5, 5.41) is 2.75. The monoisotopic (exact) mass is 314 g/mol. The van der Waals surface area contributed by atoms with Crippen molar-refractivity contribution in [2.24, 2.45) is 5.92 Å². The molecule has 0 spiro atoms. The molecule has 0 aromatic carbocycles. The standard InChI is InChI=1S/C14H26N4O2S/c1-12(2)8-6-4-5-7-9-18-21(19,20)13-10-16-14(15-3)17-11-13/h10-12,18H,4-9H2,1-3H3,(H,15,16,17). The predicted octanol–water partition coefficient (Wildman–Crippen LogP) is 2.40. The summed E-state index contributed by atoms with van der Waals surface area (Å²) in [6.07, 6.45) is 8.12. The average Bonchev–Trinajstić information content (AvgIpc) is 2.46. The Morgan fingerprint density at radius 3 is 2.29 bits per heavy atom. The topological polar surface area (TPSA) is 84.0 Å². The Morgan fingerprint density at radius 1 is 1.10 bits per heavy atom. The van der Waals surface area contributed by atoms with E-state index in [9.17, 15) is 8.42 Å². The SMILES string of the molecule is CNc1ncc(S(=O)(=O)NCCCCCCC(C)C)cn1. The summed E-state index contributed by atoms with van der Waals surface area (Å²) in [6.45, 7) is 4.89. The lowest BCUT2D eigenvalue weighted by Crippen LogP contribution is -2.25. The van der Waals surface area contributed by atoms with E-state index in [1.54, 1.807) is 7.05 Å². The maximum atomic E-state index is 12.0. The summed E-state index contributed by atoms with van der Waals surface area (Å²) < 4.78 is 26.6. The molecule has 7 heteroatoms. The van der Waals surface area contributed by atoms with Crippen LogP contribution >= 0.6 is 0 Å². The molecule has 1 heterocycles. The molecule has 1 aromatic heterocycles. The number of nitrogens with one attached hydrogen (secondary N) is 2. The van der Waals surface area contributed by atoms with E-state index in [1.165, 1.54) is 25.2 Å². The van der Waals surface area contributed by atoms with Crippen molar-refractivity contribution in [1.29, 1.82) is 0 Å². The van der Waals surface area contributed by atoms with Crippen LogP contribution in [0.5, 0.6) is 0 Å². The molecule has 0 saturated heterocycles. The van der Waals surface area contributed by atoms with E-state index in [0.29, 0.717) is 12.5 Å². The molecular formula is C14H26N4O2S. The fourth-order valence-electron chi connectivity index (χ4n) is 1.91. The highest BCUT2D eigenvalue weighted by atomic mass is 32.2. The van der Waals surface area contributed by atoms with Crippen molar-refractivity contribution < 1.29 is 8.42 Å². The van der Waals surface area contributed by atoms with Crippen molar-refractivity contribution in [1.82, 2.24) is 14.7 Å². The first-order chi connectivity index (χ1) is 9.95. The zero-order valence-corrected chi connectivity index (χ0v) is 13.9. The van der Waals surface area contributed by atoms with Gasteiger partial charge in [-0.2, -0.15) is 0 Å². The van der Waals surface area contributed by atoms with E-state index in [4.69, 9.17) is 0 Å². The number of aromatic nitrogens is 2. The highest BCUT2D eigenvalue weighted by Gasteiger charge is 2.14. The summed E-state index contributed by atoms with van der Waals surface area (Å²) in [5.74, 6) is 1.14. The lowest BCUT2D eigenvalue weighted by Gasteiger charge is -2.07. The number of unbranched alkanes of at least 4 members (excludes halogenated alkanes) is 3. The van der Waals surface area contributed by atoms with E-state index < -0.39 is 10.0 Å². The highest BCUT2D eigenvalue weighted by molar-refractivity contribution is 7.89. The van der Waals surface area contributed by atoms with Gasteiger partial charge in [0.05, 0.1) is 12.4 Å². The second-order valence-electron chi connectivity index (χ2n) is 5.49. The largest absolute Gasteiger partial charge is 0.357 e.